The highest BCUT2D eigenvalue weighted by Gasteiger charge is 2.25. The first-order valence-corrected chi connectivity index (χ1v) is 8.33. The molecule has 1 aliphatic heterocycles. The number of aliphatic hydroxyl groups is 1. The second kappa shape index (κ2) is 6.17. The lowest BCUT2D eigenvalue weighted by Crippen LogP contribution is -2.39. The lowest BCUT2D eigenvalue weighted by Gasteiger charge is -2.27. The van der Waals surface area contributed by atoms with Crippen molar-refractivity contribution in [1.29, 1.82) is 0 Å². The molecule has 0 saturated heterocycles. The zero-order valence-electron chi connectivity index (χ0n) is 10.9. The number of halogens is 1. The molecule has 1 aliphatic rings. The molecule has 1 aromatic carbocycles. The third kappa shape index (κ3) is 3.54. The third-order valence-electron chi connectivity index (χ3n) is 2.78. The van der Waals surface area contributed by atoms with E-state index in [0.29, 0.717) is 31.2 Å². The topological polar surface area (TPSA) is 84.9 Å². The van der Waals surface area contributed by atoms with E-state index in [2.05, 4.69) is 5.32 Å². The Morgan fingerprint density at radius 2 is 2.25 bits per heavy atom. The van der Waals surface area contributed by atoms with E-state index in [4.69, 9.17) is 26.2 Å². The van der Waals surface area contributed by atoms with Crippen LogP contribution in [-0.2, 0) is 9.84 Å². The molecule has 0 spiro atoms. The van der Waals surface area contributed by atoms with Gasteiger partial charge in [-0.2, -0.15) is 0 Å². The van der Waals surface area contributed by atoms with Gasteiger partial charge in [-0.05, 0) is 6.07 Å². The van der Waals surface area contributed by atoms with Gasteiger partial charge in [-0.15, -0.1) is 0 Å². The van der Waals surface area contributed by atoms with Crippen molar-refractivity contribution in [2.24, 2.45) is 0 Å². The maximum atomic E-state index is 11.6. The van der Waals surface area contributed by atoms with E-state index in [1.807, 2.05) is 0 Å². The summed E-state index contributed by atoms with van der Waals surface area (Å²) in [5.41, 5.74) is 0. The van der Waals surface area contributed by atoms with Crippen LogP contribution in [0.25, 0.3) is 0 Å². The predicted octanol–water partition coefficient (Wildman–Crippen LogP) is 0.465. The fourth-order valence-corrected chi connectivity index (χ4v) is 2.80. The highest BCUT2D eigenvalue weighted by Crippen LogP contribution is 2.40. The van der Waals surface area contributed by atoms with E-state index in [-0.39, 0.29) is 22.6 Å². The minimum absolute atomic E-state index is 0.0359. The molecule has 20 heavy (non-hydrogen) atoms. The zero-order chi connectivity index (χ0) is 14.8. The van der Waals surface area contributed by atoms with Crippen LogP contribution in [0.5, 0.6) is 11.5 Å². The van der Waals surface area contributed by atoms with Crippen LogP contribution in [0.4, 0.5) is 0 Å². The van der Waals surface area contributed by atoms with Crippen molar-refractivity contribution in [1.82, 2.24) is 5.32 Å². The SMILES string of the molecule is CS(=O)(=O)c1cc(Cl)c2c(c1)OC(CNCCO)CO2. The summed E-state index contributed by atoms with van der Waals surface area (Å²) in [6.45, 7) is 1.29. The third-order valence-corrected chi connectivity index (χ3v) is 4.15. The molecule has 8 heteroatoms. The molecule has 6 nitrogen and oxygen atoms in total. The number of hydrogen-bond donors (Lipinski definition) is 2. The first-order chi connectivity index (χ1) is 9.41. The van der Waals surface area contributed by atoms with E-state index in [0.717, 1.165) is 6.26 Å². The van der Waals surface area contributed by atoms with Crippen molar-refractivity contribution < 1.29 is 23.0 Å². The monoisotopic (exact) mass is 321 g/mol. The van der Waals surface area contributed by atoms with Gasteiger partial charge in [0.25, 0.3) is 0 Å². The Hall–Kier alpha value is -1.02. The Labute approximate surface area is 122 Å². The molecule has 1 heterocycles. The number of rotatable bonds is 5. The van der Waals surface area contributed by atoms with Crippen LogP contribution in [0.15, 0.2) is 17.0 Å². The van der Waals surface area contributed by atoms with Gasteiger partial charge in [0.15, 0.2) is 21.3 Å². The van der Waals surface area contributed by atoms with E-state index >= 15 is 0 Å². The second-order valence-electron chi connectivity index (χ2n) is 4.48. The highest BCUT2D eigenvalue weighted by molar-refractivity contribution is 7.90. The van der Waals surface area contributed by atoms with Gasteiger partial charge in [-0.3, -0.25) is 0 Å². The Kier molecular flexibility index (Phi) is 4.74. The molecule has 0 bridgehead atoms. The maximum absolute atomic E-state index is 11.6. The smallest absolute Gasteiger partial charge is 0.180 e. The van der Waals surface area contributed by atoms with Crippen molar-refractivity contribution in [3.05, 3.63) is 17.2 Å². The van der Waals surface area contributed by atoms with Gasteiger partial charge in [0.05, 0.1) is 16.5 Å². The largest absolute Gasteiger partial charge is 0.484 e. The number of nitrogens with one attached hydrogen (secondary N) is 1. The number of benzene rings is 1. The number of fused-ring (bicyclic) bond motifs is 1. The van der Waals surface area contributed by atoms with Crippen molar-refractivity contribution >= 4 is 21.4 Å². The molecule has 1 aromatic rings. The highest BCUT2D eigenvalue weighted by atomic mass is 35.5. The predicted molar refractivity (Wildman–Crippen MR) is 74.4 cm³/mol. The van der Waals surface area contributed by atoms with Crippen molar-refractivity contribution in [3.63, 3.8) is 0 Å². The molecular formula is C12H16ClNO5S. The van der Waals surface area contributed by atoms with Gasteiger partial charge < -0.3 is 19.9 Å². The Balaban J connectivity index is 2.20. The summed E-state index contributed by atoms with van der Waals surface area (Å²) in [5, 5.41) is 11.9. The van der Waals surface area contributed by atoms with Gasteiger partial charge in [0.2, 0.25) is 0 Å². The van der Waals surface area contributed by atoms with Gasteiger partial charge in [-0.25, -0.2) is 8.42 Å². The lowest BCUT2D eigenvalue weighted by atomic mass is 10.2. The Bertz CT molecular complexity index is 590. The quantitative estimate of drug-likeness (QED) is 0.767. The minimum atomic E-state index is -3.37. The van der Waals surface area contributed by atoms with E-state index in [1.54, 1.807) is 0 Å². The zero-order valence-corrected chi connectivity index (χ0v) is 12.5. The summed E-state index contributed by atoms with van der Waals surface area (Å²) in [5.74, 6) is 0.678. The van der Waals surface area contributed by atoms with Crippen LogP contribution < -0.4 is 14.8 Å². The fraction of sp³-hybridized carbons (Fsp3) is 0.500. The van der Waals surface area contributed by atoms with Crippen LogP contribution in [0, 0.1) is 0 Å². The Morgan fingerprint density at radius 1 is 1.50 bits per heavy atom. The molecular weight excluding hydrogens is 306 g/mol. The number of aliphatic hydroxyl groups excluding tert-OH is 1. The molecule has 0 aliphatic carbocycles. The van der Waals surface area contributed by atoms with Crippen LogP contribution in [0.1, 0.15) is 0 Å². The van der Waals surface area contributed by atoms with E-state index in [9.17, 15) is 8.42 Å². The van der Waals surface area contributed by atoms with Crippen LogP contribution in [-0.4, -0.2) is 52.2 Å². The van der Waals surface area contributed by atoms with E-state index in [1.165, 1.54) is 12.1 Å². The second-order valence-corrected chi connectivity index (χ2v) is 6.91. The summed E-state index contributed by atoms with van der Waals surface area (Å²) < 4.78 is 34.3. The summed E-state index contributed by atoms with van der Waals surface area (Å²) in [4.78, 5) is 0.0915. The van der Waals surface area contributed by atoms with Crippen LogP contribution in [0.3, 0.4) is 0 Å². The van der Waals surface area contributed by atoms with Crippen LogP contribution >= 0.6 is 11.6 Å². The summed E-state index contributed by atoms with van der Waals surface area (Å²) >= 11 is 6.01. The Morgan fingerprint density at radius 3 is 2.90 bits per heavy atom. The van der Waals surface area contributed by atoms with Crippen molar-refractivity contribution in [2.45, 2.75) is 11.0 Å². The molecule has 112 valence electrons. The van der Waals surface area contributed by atoms with Crippen LogP contribution in [0.2, 0.25) is 5.02 Å². The van der Waals surface area contributed by atoms with E-state index < -0.39 is 9.84 Å². The molecule has 0 saturated carbocycles. The molecule has 0 amide bonds. The molecule has 0 aromatic heterocycles. The average Bonchev–Trinajstić information content (AvgIpc) is 2.37. The number of ether oxygens (including phenoxy) is 2. The fourth-order valence-electron chi connectivity index (χ4n) is 1.82. The van der Waals surface area contributed by atoms with Gasteiger partial charge in [0, 0.05) is 25.4 Å². The maximum Gasteiger partial charge on any atom is 0.180 e. The van der Waals surface area contributed by atoms with Gasteiger partial charge in [0.1, 0.15) is 12.7 Å². The number of sulfone groups is 1. The lowest BCUT2D eigenvalue weighted by molar-refractivity contribution is 0.0892. The molecule has 1 unspecified atom stereocenters. The summed E-state index contributed by atoms with van der Waals surface area (Å²) in [7, 11) is -3.37. The molecule has 2 N–H and O–H groups in total. The molecule has 2 rings (SSSR count). The van der Waals surface area contributed by atoms with Gasteiger partial charge >= 0.3 is 0 Å². The van der Waals surface area contributed by atoms with Crippen molar-refractivity contribution in [3.8, 4) is 11.5 Å². The van der Waals surface area contributed by atoms with Crippen molar-refractivity contribution in [2.75, 3.05) is 32.6 Å². The number of hydrogen-bond acceptors (Lipinski definition) is 6. The normalized spacial score (nSPS) is 18.1. The van der Waals surface area contributed by atoms with Gasteiger partial charge in [-0.1, -0.05) is 11.6 Å². The molecule has 0 fully saturated rings. The average molecular weight is 322 g/mol. The standard InChI is InChI=1S/C12H16ClNO5S/c1-20(16,17)9-4-10(13)12-11(5-9)19-8(7-18-12)6-14-2-3-15/h4-5,8,14-15H,2-3,6-7H2,1H3. The molecule has 0 radical (unpaired) electrons. The minimum Gasteiger partial charge on any atom is -0.484 e. The first kappa shape index (κ1) is 15.4. The summed E-state index contributed by atoms with van der Waals surface area (Å²) in [6, 6.07) is 2.76. The molecule has 1 atom stereocenters. The first-order valence-electron chi connectivity index (χ1n) is 6.06. The summed E-state index contributed by atoms with van der Waals surface area (Å²) in [6.07, 6.45) is 0.842.